The van der Waals surface area contributed by atoms with Crippen LogP contribution in [0.2, 0.25) is 0 Å². The predicted molar refractivity (Wildman–Crippen MR) is 63.0 cm³/mol. The van der Waals surface area contributed by atoms with Gasteiger partial charge in [0.25, 0.3) is 0 Å². The lowest BCUT2D eigenvalue weighted by atomic mass is 10.1. The second kappa shape index (κ2) is 6.12. The van der Waals surface area contributed by atoms with Gasteiger partial charge in [0, 0.05) is 6.04 Å². The number of nitrogens with two attached hydrogens (primary N) is 1. The van der Waals surface area contributed by atoms with E-state index in [0.717, 1.165) is 5.56 Å². The summed E-state index contributed by atoms with van der Waals surface area (Å²) in [5.74, 6) is 0. The van der Waals surface area contributed by atoms with Crippen LogP contribution >= 0.6 is 0 Å². The van der Waals surface area contributed by atoms with E-state index in [-0.39, 0.29) is 18.7 Å². The molecule has 4 nitrogen and oxygen atoms in total. The number of rotatable bonds is 4. The van der Waals surface area contributed by atoms with Crippen LogP contribution in [-0.2, 0) is 4.74 Å². The van der Waals surface area contributed by atoms with Crippen molar-refractivity contribution in [3.63, 3.8) is 0 Å². The van der Waals surface area contributed by atoms with Crippen molar-refractivity contribution >= 4 is 6.09 Å². The van der Waals surface area contributed by atoms with Crippen LogP contribution in [0.4, 0.5) is 4.79 Å². The number of amides is 1. The van der Waals surface area contributed by atoms with Gasteiger partial charge in [-0.2, -0.15) is 0 Å². The molecule has 3 N–H and O–H groups in total. The molecule has 0 fully saturated rings. The van der Waals surface area contributed by atoms with Crippen molar-refractivity contribution in [1.82, 2.24) is 5.32 Å². The van der Waals surface area contributed by atoms with E-state index >= 15 is 0 Å². The van der Waals surface area contributed by atoms with Crippen LogP contribution in [0.25, 0.3) is 0 Å². The van der Waals surface area contributed by atoms with E-state index in [0.29, 0.717) is 0 Å². The maximum absolute atomic E-state index is 11.2. The van der Waals surface area contributed by atoms with E-state index in [1.807, 2.05) is 44.2 Å². The second-order valence-corrected chi connectivity index (χ2v) is 3.91. The summed E-state index contributed by atoms with van der Waals surface area (Å²) >= 11 is 0. The number of nitrogens with one attached hydrogen (secondary N) is 1. The van der Waals surface area contributed by atoms with E-state index < -0.39 is 6.09 Å². The molecular formula is C12H18N2O2. The molecule has 0 bridgehead atoms. The van der Waals surface area contributed by atoms with E-state index in [1.54, 1.807) is 0 Å². The first-order valence-electron chi connectivity index (χ1n) is 5.33. The zero-order valence-electron chi connectivity index (χ0n) is 9.64. The Balaban J connectivity index is 2.36. The highest BCUT2D eigenvalue weighted by Crippen LogP contribution is 2.09. The fraction of sp³-hybridized carbons (Fsp3) is 0.417. The molecule has 1 amide bonds. The van der Waals surface area contributed by atoms with Gasteiger partial charge in [-0.15, -0.1) is 0 Å². The van der Waals surface area contributed by atoms with Crippen molar-refractivity contribution in [2.24, 2.45) is 5.73 Å². The van der Waals surface area contributed by atoms with Gasteiger partial charge in [0.2, 0.25) is 0 Å². The van der Waals surface area contributed by atoms with Gasteiger partial charge in [-0.3, -0.25) is 0 Å². The first-order valence-corrected chi connectivity index (χ1v) is 5.33. The second-order valence-electron chi connectivity index (χ2n) is 3.91. The van der Waals surface area contributed by atoms with Crippen molar-refractivity contribution in [3.8, 4) is 0 Å². The Morgan fingerprint density at radius 2 is 2.00 bits per heavy atom. The summed E-state index contributed by atoms with van der Waals surface area (Å²) in [5.41, 5.74) is 6.83. The average molecular weight is 222 g/mol. The summed E-state index contributed by atoms with van der Waals surface area (Å²) in [6, 6.07) is 9.34. The van der Waals surface area contributed by atoms with Crippen molar-refractivity contribution in [2.45, 2.75) is 25.9 Å². The topological polar surface area (TPSA) is 64.3 Å². The highest BCUT2D eigenvalue weighted by atomic mass is 16.5. The molecule has 0 unspecified atom stereocenters. The lowest BCUT2D eigenvalue weighted by molar-refractivity contribution is 0.137. The largest absolute Gasteiger partial charge is 0.448 e. The van der Waals surface area contributed by atoms with Crippen LogP contribution in [0.15, 0.2) is 30.3 Å². The number of carbonyl (C=O) groups is 1. The molecule has 0 heterocycles. The molecule has 0 aliphatic rings. The number of carbonyl (C=O) groups excluding carboxylic acids is 1. The third kappa shape index (κ3) is 4.31. The molecular weight excluding hydrogens is 204 g/mol. The SMILES string of the molecule is CC(C)NC(=O)OC[C@H](N)c1ccccc1. The Labute approximate surface area is 95.8 Å². The predicted octanol–water partition coefficient (Wildman–Crippen LogP) is 1.82. The summed E-state index contributed by atoms with van der Waals surface area (Å²) in [6.45, 7) is 3.93. The minimum atomic E-state index is -0.429. The van der Waals surface area contributed by atoms with E-state index in [2.05, 4.69) is 5.32 Å². The molecule has 0 aromatic heterocycles. The van der Waals surface area contributed by atoms with Gasteiger partial charge in [-0.1, -0.05) is 30.3 Å². The van der Waals surface area contributed by atoms with Crippen LogP contribution in [0, 0.1) is 0 Å². The first kappa shape index (κ1) is 12.5. The highest BCUT2D eigenvalue weighted by Gasteiger charge is 2.09. The molecule has 16 heavy (non-hydrogen) atoms. The maximum Gasteiger partial charge on any atom is 0.407 e. The van der Waals surface area contributed by atoms with Crippen LogP contribution in [0.1, 0.15) is 25.5 Å². The van der Waals surface area contributed by atoms with Gasteiger partial charge in [-0.05, 0) is 19.4 Å². The Morgan fingerprint density at radius 3 is 2.56 bits per heavy atom. The minimum absolute atomic E-state index is 0.0699. The van der Waals surface area contributed by atoms with Gasteiger partial charge < -0.3 is 15.8 Å². The summed E-state index contributed by atoms with van der Waals surface area (Å²) in [4.78, 5) is 11.2. The Bertz CT molecular complexity index is 325. The lowest BCUT2D eigenvalue weighted by Crippen LogP contribution is -2.32. The Hall–Kier alpha value is -1.55. The van der Waals surface area contributed by atoms with Crippen LogP contribution in [0.5, 0.6) is 0 Å². The van der Waals surface area contributed by atoms with Crippen LogP contribution in [0.3, 0.4) is 0 Å². The van der Waals surface area contributed by atoms with E-state index in [1.165, 1.54) is 0 Å². The highest BCUT2D eigenvalue weighted by molar-refractivity contribution is 5.67. The number of hydrogen-bond acceptors (Lipinski definition) is 3. The zero-order chi connectivity index (χ0) is 12.0. The van der Waals surface area contributed by atoms with Gasteiger partial charge in [0.1, 0.15) is 6.61 Å². The number of hydrogen-bond donors (Lipinski definition) is 2. The molecule has 0 saturated carbocycles. The molecule has 0 aliphatic heterocycles. The lowest BCUT2D eigenvalue weighted by Gasteiger charge is -2.14. The molecule has 4 heteroatoms. The van der Waals surface area contributed by atoms with Crippen molar-refractivity contribution in [1.29, 1.82) is 0 Å². The number of benzene rings is 1. The molecule has 1 rings (SSSR count). The molecule has 0 spiro atoms. The minimum Gasteiger partial charge on any atom is -0.448 e. The normalized spacial score (nSPS) is 12.2. The average Bonchev–Trinajstić information content (AvgIpc) is 2.26. The summed E-state index contributed by atoms with van der Waals surface area (Å²) in [5, 5.41) is 2.63. The summed E-state index contributed by atoms with van der Waals surface area (Å²) in [6.07, 6.45) is -0.429. The standard InChI is InChI=1S/C12H18N2O2/c1-9(2)14-12(15)16-8-11(13)10-6-4-3-5-7-10/h3-7,9,11H,8,13H2,1-2H3,(H,14,15)/t11-/m0/s1. The van der Waals surface area contributed by atoms with Crippen LogP contribution < -0.4 is 11.1 Å². The van der Waals surface area contributed by atoms with Gasteiger partial charge >= 0.3 is 6.09 Å². The van der Waals surface area contributed by atoms with Crippen molar-refractivity contribution < 1.29 is 9.53 Å². The smallest absolute Gasteiger partial charge is 0.407 e. The summed E-state index contributed by atoms with van der Waals surface area (Å²) in [7, 11) is 0. The fourth-order valence-electron chi connectivity index (χ4n) is 1.24. The molecule has 88 valence electrons. The molecule has 0 radical (unpaired) electrons. The van der Waals surface area contributed by atoms with Gasteiger partial charge in [-0.25, -0.2) is 4.79 Å². The Kier molecular flexibility index (Phi) is 4.79. The van der Waals surface area contributed by atoms with Crippen molar-refractivity contribution in [2.75, 3.05) is 6.61 Å². The van der Waals surface area contributed by atoms with Gasteiger partial charge in [0.15, 0.2) is 0 Å². The molecule has 0 aliphatic carbocycles. The number of alkyl carbamates (subject to hydrolysis) is 1. The van der Waals surface area contributed by atoms with E-state index in [9.17, 15) is 4.79 Å². The van der Waals surface area contributed by atoms with Crippen LogP contribution in [-0.4, -0.2) is 18.7 Å². The Morgan fingerprint density at radius 1 is 1.38 bits per heavy atom. The van der Waals surface area contributed by atoms with Crippen molar-refractivity contribution in [3.05, 3.63) is 35.9 Å². The maximum atomic E-state index is 11.2. The molecule has 0 saturated heterocycles. The monoisotopic (exact) mass is 222 g/mol. The molecule has 1 aromatic rings. The quantitative estimate of drug-likeness (QED) is 0.816. The zero-order valence-corrected chi connectivity index (χ0v) is 9.64. The third-order valence-corrected chi connectivity index (χ3v) is 2.03. The fourth-order valence-corrected chi connectivity index (χ4v) is 1.24. The third-order valence-electron chi connectivity index (χ3n) is 2.03. The number of ether oxygens (including phenoxy) is 1. The van der Waals surface area contributed by atoms with Gasteiger partial charge in [0.05, 0.1) is 6.04 Å². The van der Waals surface area contributed by atoms with E-state index in [4.69, 9.17) is 10.5 Å². The molecule has 1 atom stereocenters. The summed E-state index contributed by atoms with van der Waals surface area (Å²) < 4.78 is 4.99. The molecule has 1 aromatic carbocycles. The first-order chi connectivity index (χ1) is 7.59.